The van der Waals surface area contributed by atoms with Gasteiger partial charge in [-0.2, -0.15) is 0 Å². The molecule has 0 unspecified atom stereocenters. The summed E-state index contributed by atoms with van der Waals surface area (Å²) >= 11 is 5.61. The highest BCUT2D eigenvalue weighted by atomic mass is 35.5. The lowest BCUT2D eigenvalue weighted by atomic mass is 10.1. The number of carbonyl (C=O) groups is 1. The fraction of sp³-hybridized carbons (Fsp3) is 0.611. The van der Waals surface area contributed by atoms with E-state index in [1.165, 1.54) is 12.0 Å². The fourth-order valence-corrected chi connectivity index (χ4v) is 2.06. The Hall–Kier alpha value is -1.26. The van der Waals surface area contributed by atoms with E-state index >= 15 is 0 Å². The average Bonchev–Trinajstić information content (AvgIpc) is 2.52. The maximum atomic E-state index is 11.5. The molecular weight excluding hydrogens is 314 g/mol. The number of ether oxygens (including phenoxy) is 1. The third kappa shape index (κ3) is 11.0. The van der Waals surface area contributed by atoms with Gasteiger partial charge in [-0.15, -0.1) is 0 Å². The van der Waals surface area contributed by atoms with E-state index in [9.17, 15) is 4.79 Å². The Kier molecular flexibility index (Phi) is 10.7. The van der Waals surface area contributed by atoms with Crippen LogP contribution in [0, 0.1) is 6.92 Å². The summed E-state index contributed by atoms with van der Waals surface area (Å²) in [5.74, 6) is 0. The number of aryl methyl sites for hydroxylation is 1. The van der Waals surface area contributed by atoms with Gasteiger partial charge in [0.1, 0.15) is 5.60 Å². The van der Waals surface area contributed by atoms with Crippen molar-refractivity contribution in [1.29, 1.82) is 0 Å². The van der Waals surface area contributed by atoms with Gasteiger partial charge in [-0.05, 0) is 59.1 Å². The summed E-state index contributed by atoms with van der Waals surface area (Å²) in [6, 6.07) is 7.75. The number of aliphatic hydroxyl groups is 1. The second-order valence-corrected chi connectivity index (χ2v) is 6.76. The predicted octanol–water partition coefficient (Wildman–Crippen LogP) is 4.66. The summed E-state index contributed by atoms with van der Waals surface area (Å²) in [4.78, 5) is 13.3. The zero-order valence-electron chi connectivity index (χ0n) is 14.9. The molecule has 1 amide bonds. The van der Waals surface area contributed by atoms with E-state index in [2.05, 4.69) is 0 Å². The monoisotopic (exact) mass is 343 g/mol. The van der Waals surface area contributed by atoms with Crippen LogP contribution in [0.5, 0.6) is 0 Å². The molecule has 0 atom stereocenters. The normalized spacial score (nSPS) is 14.0. The van der Waals surface area contributed by atoms with Crippen molar-refractivity contribution in [3.8, 4) is 0 Å². The summed E-state index contributed by atoms with van der Waals surface area (Å²) in [7, 11) is 1.00. The van der Waals surface area contributed by atoms with Crippen LogP contribution in [-0.4, -0.2) is 41.9 Å². The van der Waals surface area contributed by atoms with Crippen molar-refractivity contribution in [3.05, 3.63) is 34.9 Å². The number of rotatable bonds is 0. The number of carbonyl (C=O) groups excluding carboxylic acids is 1. The number of benzene rings is 1. The number of likely N-dealkylation sites (tertiary alicyclic amines) is 1. The Labute approximate surface area is 145 Å². The molecule has 0 bridgehead atoms. The minimum atomic E-state index is -0.367. The third-order valence-corrected chi connectivity index (χ3v) is 3.27. The first kappa shape index (κ1) is 21.7. The van der Waals surface area contributed by atoms with E-state index < -0.39 is 0 Å². The minimum Gasteiger partial charge on any atom is -0.444 e. The second-order valence-electron chi connectivity index (χ2n) is 6.32. The van der Waals surface area contributed by atoms with Crippen molar-refractivity contribution in [1.82, 2.24) is 4.90 Å². The predicted molar refractivity (Wildman–Crippen MR) is 96.0 cm³/mol. The smallest absolute Gasteiger partial charge is 0.410 e. The van der Waals surface area contributed by atoms with Gasteiger partial charge in [0.15, 0.2) is 0 Å². The molecule has 132 valence electrons. The molecule has 5 heteroatoms. The van der Waals surface area contributed by atoms with Crippen LogP contribution >= 0.6 is 11.6 Å². The molecule has 1 aromatic carbocycles. The van der Waals surface area contributed by atoms with Crippen LogP contribution in [0.15, 0.2) is 24.3 Å². The highest BCUT2D eigenvalue weighted by Gasteiger charge is 2.22. The largest absolute Gasteiger partial charge is 0.444 e. The highest BCUT2D eigenvalue weighted by molar-refractivity contribution is 6.30. The first-order valence-electron chi connectivity index (χ1n) is 7.93. The number of halogens is 1. The number of hydrogen-bond acceptors (Lipinski definition) is 3. The van der Waals surface area contributed by atoms with Crippen LogP contribution in [0.1, 0.15) is 45.6 Å². The van der Waals surface area contributed by atoms with Gasteiger partial charge in [-0.25, -0.2) is 4.79 Å². The van der Waals surface area contributed by atoms with Gasteiger partial charge in [-0.1, -0.05) is 29.3 Å². The van der Waals surface area contributed by atoms with Gasteiger partial charge in [0.25, 0.3) is 0 Å². The first-order valence-corrected chi connectivity index (χ1v) is 8.30. The molecular formula is C18H30ClNO3. The Morgan fingerprint density at radius 3 is 1.96 bits per heavy atom. The zero-order chi connectivity index (χ0) is 17.9. The van der Waals surface area contributed by atoms with E-state index in [-0.39, 0.29) is 11.7 Å². The average molecular weight is 344 g/mol. The zero-order valence-corrected chi connectivity index (χ0v) is 15.7. The molecule has 0 saturated carbocycles. The summed E-state index contributed by atoms with van der Waals surface area (Å²) < 4.78 is 5.26. The maximum Gasteiger partial charge on any atom is 0.410 e. The molecule has 1 N–H and O–H groups in total. The van der Waals surface area contributed by atoms with Crippen LogP contribution < -0.4 is 0 Å². The van der Waals surface area contributed by atoms with Crippen molar-refractivity contribution >= 4 is 17.7 Å². The summed E-state index contributed by atoms with van der Waals surface area (Å²) in [6.45, 7) is 9.44. The van der Waals surface area contributed by atoms with Gasteiger partial charge < -0.3 is 14.7 Å². The molecule has 1 heterocycles. The second kappa shape index (κ2) is 11.3. The van der Waals surface area contributed by atoms with Crippen LogP contribution in [-0.2, 0) is 4.74 Å². The lowest BCUT2D eigenvalue weighted by molar-refractivity contribution is 0.0216. The molecule has 0 aromatic heterocycles. The van der Waals surface area contributed by atoms with Gasteiger partial charge in [-0.3, -0.25) is 0 Å². The molecule has 1 fully saturated rings. The molecule has 1 saturated heterocycles. The number of nitrogens with zero attached hydrogens (tertiary/aromatic N) is 1. The Bertz CT molecular complexity index is 414. The molecule has 23 heavy (non-hydrogen) atoms. The lowest BCUT2D eigenvalue weighted by Crippen LogP contribution is -2.39. The molecule has 1 aliphatic heterocycles. The van der Waals surface area contributed by atoms with E-state index in [1.54, 1.807) is 4.90 Å². The van der Waals surface area contributed by atoms with Crippen LogP contribution in [0.4, 0.5) is 4.79 Å². The van der Waals surface area contributed by atoms with Crippen molar-refractivity contribution in [2.24, 2.45) is 0 Å². The van der Waals surface area contributed by atoms with Gasteiger partial charge in [0.2, 0.25) is 0 Å². The molecule has 1 aromatic rings. The van der Waals surface area contributed by atoms with Crippen molar-refractivity contribution < 1.29 is 14.6 Å². The maximum absolute atomic E-state index is 11.5. The number of hydrogen-bond donors (Lipinski definition) is 1. The van der Waals surface area contributed by atoms with Crippen molar-refractivity contribution in [2.45, 2.75) is 52.6 Å². The minimum absolute atomic E-state index is 0.160. The molecule has 0 radical (unpaired) electrons. The van der Waals surface area contributed by atoms with Crippen LogP contribution in [0.2, 0.25) is 5.02 Å². The number of piperidine rings is 1. The van der Waals surface area contributed by atoms with Gasteiger partial charge >= 0.3 is 6.09 Å². The van der Waals surface area contributed by atoms with E-state index in [0.717, 1.165) is 38.1 Å². The molecule has 2 rings (SSSR count). The van der Waals surface area contributed by atoms with Crippen LogP contribution in [0.3, 0.4) is 0 Å². The molecule has 4 nitrogen and oxygen atoms in total. The fourth-order valence-electron chi connectivity index (χ4n) is 1.94. The van der Waals surface area contributed by atoms with E-state index in [0.29, 0.717) is 0 Å². The summed E-state index contributed by atoms with van der Waals surface area (Å²) in [5.41, 5.74) is 0.878. The van der Waals surface area contributed by atoms with Gasteiger partial charge in [0.05, 0.1) is 0 Å². The summed E-state index contributed by atoms with van der Waals surface area (Å²) in [5, 5.41) is 7.80. The third-order valence-electron chi connectivity index (χ3n) is 3.02. The van der Waals surface area contributed by atoms with Crippen molar-refractivity contribution in [2.75, 3.05) is 20.2 Å². The highest BCUT2D eigenvalue weighted by Crippen LogP contribution is 2.14. The summed E-state index contributed by atoms with van der Waals surface area (Å²) in [6.07, 6.45) is 3.30. The SMILES string of the molecule is CC(C)(C)OC(=O)N1CCCCC1.CO.Cc1ccc(Cl)cc1. The standard InChI is InChI=1S/C10H19NO2.C7H7Cl.CH4O/c1-10(2,3)13-9(12)11-7-5-4-6-8-11;1-6-2-4-7(8)5-3-6;1-2/h4-8H2,1-3H3;2-5H,1H3;2H,1H3. The Morgan fingerprint density at radius 1 is 1.09 bits per heavy atom. The Balaban J connectivity index is 0.000000414. The number of aliphatic hydroxyl groups excluding tert-OH is 1. The quantitative estimate of drug-likeness (QED) is 0.745. The lowest BCUT2D eigenvalue weighted by Gasteiger charge is -2.29. The van der Waals surface area contributed by atoms with Crippen LogP contribution in [0.25, 0.3) is 0 Å². The Morgan fingerprint density at radius 2 is 1.57 bits per heavy atom. The van der Waals surface area contributed by atoms with Gasteiger partial charge in [0, 0.05) is 25.2 Å². The first-order chi connectivity index (χ1) is 10.8. The molecule has 1 aliphatic rings. The topological polar surface area (TPSA) is 49.8 Å². The van der Waals surface area contributed by atoms with E-state index in [1.807, 2.05) is 52.0 Å². The molecule has 0 spiro atoms. The number of amides is 1. The van der Waals surface area contributed by atoms with E-state index in [4.69, 9.17) is 21.4 Å². The molecule has 0 aliphatic carbocycles. The van der Waals surface area contributed by atoms with Crippen molar-refractivity contribution in [3.63, 3.8) is 0 Å².